The van der Waals surface area contributed by atoms with Crippen molar-refractivity contribution in [2.75, 3.05) is 4.90 Å². The molecule has 3 heterocycles. The summed E-state index contributed by atoms with van der Waals surface area (Å²) in [4.78, 5) is 6.76. The van der Waals surface area contributed by atoms with Crippen LogP contribution in [0.25, 0.3) is 11.3 Å². The number of hydrogen-bond donors (Lipinski definition) is 1. The number of rotatable bonds is 5. The van der Waals surface area contributed by atoms with Gasteiger partial charge in [0.2, 0.25) is 0 Å². The van der Waals surface area contributed by atoms with Crippen LogP contribution in [-0.4, -0.2) is 10.1 Å². The van der Waals surface area contributed by atoms with Crippen molar-refractivity contribution in [1.82, 2.24) is 10.3 Å². The van der Waals surface area contributed by atoms with Crippen LogP contribution >= 0.6 is 28.1 Å². The van der Waals surface area contributed by atoms with Crippen LogP contribution < -0.4 is 10.2 Å². The molecule has 2 aromatic carbocycles. The maximum Gasteiger partial charge on any atom is 0.174 e. The summed E-state index contributed by atoms with van der Waals surface area (Å²) >= 11 is 9.31. The van der Waals surface area contributed by atoms with Gasteiger partial charge in [-0.25, -0.2) is 0 Å². The summed E-state index contributed by atoms with van der Waals surface area (Å²) in [5.74, 6) is 2.13. The smallest absolute Gasteiger partial charge is 0.174 e. The number of anilines is 1. The molecule has 2 aromatic heterocycles. The average molecular weight is 518 g/mol. The van der Waals surface area contributed by atoms with Gasteiger partial charge in [-0.05, 0) is 72.2 Å². The second-order valence-corrected chi connectivity index (χ2v) is 9.75. The molecule has 0 saturated carbocycles. The molecule has 4 aromatic rings. The highest BCUT2D eigenvalue weighted by Gasteiger charge is 2.42. The van der Waals surface area contributed by atoms with Crippen LogP contribution in [-0.2, 0) is 0 Å². The fourth-order valence-electron chi connectivity index (χ4n) is 4.22. The fraction of sp³-hybridized carbons (Fsp3) is 0.185. The fourth-order valence-corrected chi connectivity index (χ4v) is 4.83. The Morgan fingerprint density at radius 1 is 0.970 bits per heavy atom. The molecular weight excluding hydrogens is 494 g/mol. The first-order chi connectivity index (χ1) is 16.0. The van der Waals surface area contributed by atoms with Gasteiger partial charge in [0.1, 0.15) is 17.6 Å². The summed E-state index contributed by atoms with van der Waals surface area (Å²) in [6.07, 6.45) is 1.81. The lowest BCUT2D eigenvalue weighted by Gasteiger charge is -2.26. The van der Waals surface area contributed by atoms with E-state index in [2.05, 4.69) is 69.2 Å². The van der Waals surface area contributed by atoms with E-state index < -0.39 is 0 Å². The normalized spacial score (nSPS) is 18.1. The van der Waals surface area contributed by atoms with E-state index in [4.69, 9.17) is 16.6 Å². The molecule has 0 aliphatic carbocycles. The van der Waals surface area contributed by atoms with Gasteiger partial charge in [-0.1, -0.05) is 60.1 Å². The minimum atomic E-state index is -0.165. The van der Waals surface area contributed by atoms with Crippen molar-refractivity contribution in [3.63, 3.8) is 0 Å². The number of pyridine rings is 1. The lowest BCUT2D eigenvalue weighted by atomic mass is 10.0. The van der Waals surface area contributed by atoms with Gasteiger partial charge >= 0.3 is 0 Å². The molecule has 166 valence electrons. The Labute approximate surface area is 207 Å². The number of benzene rings is 2. The lowest BCUT2D eigenvalue weighted by Crippen LogP contribution is -2.29. The van der Waals surface area contributed by atoms with Gasteiger partial charge in [0.05, 0.1) is 11.7 Å². The second-order valence-electron chi connectivity index (χ2n) is 8.45. The Balaban J connectivity index is 1.57. The highest BCUT2D eigenvalue weighted by Crippen LogP contribution is 2.43. The quantitative estimate of drug-likeness (QED) is 0.279. The molecule has 0 unspecified atom stereocenters. The van der Waals surface area contributed by atoms with Gasteiger partial charge in [-0.15, -0.1) is 0 Å². The Bertz CT molecular complexity index is 1250. The maximum absolute atomic E-state index is 6.42. The molecule has 1 aliphatic rings. The highest BCUT2D eigenvalue weighted by molar-refractivity contribution is 9.10. The van der Waals surface area contributed by atoms with E-state index in [0.717, 1.165) is 32.9 Å². The molecule has 2 atom stereocenters. The molecule has 0 bridgehead atoms. The monoisotopic (exact) mass is 517 g/mol. The second kappa shape index (κ2) is 9.12. The van der Waals surface area contributed by atoms with Crippen molar-refractivity contribution in [3.05, 3.63) is 107 Å². The molecule has 6 heteroatoms. The van der Waals surface area contributed by atoms with Crippen LogP contribution in [0.2, 0.25) is 0 Å². The number of nitrogens with one attached hydrogen (secondary N) is 1. The molecule has 33 heavy (non-hydrogen) atoms. The SMILES string of the molecule is CC(C)c1ccc(N2C(=S)N[C@@H](c3ccccn3)[C@H]2c2ccc(-c3ccc(Br)cc3)o2)cc1. The van der Waals surface area contributed by atoms with E-state index in [9.17, 15) is 0 Å². The molecule has 0 radical (unpaired) electrons. The third kappa shape index (κ3) is 4.33. The number of thiocarbonyl (C=S) groups is 1. The van der Waals surface area contributed by atoms with E-state index >= 15 is 0 Å². The first kappa shape index (κ1) is 21.9. The number of hydrogen-bond acceptors (Lipinski definition) is 3. The zero-order valence-electron chi connectivity index (χ0n) is 18.4. The molecule has 0 spiro atoms. The van der Waals surface area contributed by atoms with Crippen molar-refractivity contribution in [1.29, 1.82) is 0 Å². The summed E-state index contributed by atoms with van der Waals surface area (Å²) in [7, 11) is 0. The minimum Gasteiger partial charge on any atom is -0.459 e. The molecule has 1 saturated heterocycles. The molecule has 1 fully saturated rings. The predicted molar refractivity (Wildman–Crippen MR) is 140 cm³/mol. The van der Waals surface area contributed by atoms with Gasteiger partial charge in [0, 0.05) is 21.9 Å². The van der Waals surface area contributed by atoms with E-state index in [1.165, 1.54) is 5.56 Å². The summed E-state index contributed by atoms with van der Waals surface area (Å²) < 4.78 is 7.46. The molecule has 0 amide bonds. The van der Waals surface area contributed by atoms with Crippen molar-refractivity contribution >= 4 is 38.9 Å². The van der Waals surface area contributed by atoms with Crippen LogP contribution in [0.3, 0.4) is 0 Å². The molecule has 4 nitrogen and oxygen atoms in total. The standard InChI is InChI=1S/C27H24BrN3OS/c1-17(2)18-8-12-21(13-9-18)31-26(25(30-27(31)33)22-5-3-4-16-29-22)24-15-14-23(32-24)19-6-10-20(28)11-7-19/h3-17,25-26H,1-2H3,(H,30,33)/t25-,26+/m0/s1. The number of furan rings is 1. The van der Waals surface area contributed by atoms with Crippen LogP contribution in [0.4, 0.5) is 5.69 Å². The first-order valence-corrected chi connectivity index (χ1v) is 12.2. The number of halogens is 1. The van der Waals surface area contributed by atoms with Gasteiger partial charge in [-0.2, -0.15) is 0 Å². The van der Waals surface area contributed by atoms with Crippen molar-refractivity contribution < 1.29 is 4.42 Å². The summed E-state index contributed by atoms with van der Waals surface area (Å²) in [6.45, 7) is 4.40. The zero-order valence-corrected chi connectivity index (χ0v) is 20.8. The Hall–Kier alpha value is -2.96. The molecular formula is C27H24BrN3OS. The first-order valence-electron chi connectivity index (χ1n) is 11.0. The van der Waals surface area contributed by atoms with E-state index in [-0.39, 0.29) is 12.1 Å². The summed E-state index contributed by atoms with van der Waals surface area (Å²) in [5, 5.41) is 4.15. The highest BCUT2D eigenvalue weighted by atomic mass is 79.9. The zero-order chi connectivity index (χ0) is 22.9. The number of nitrogens with zero attached hydrogens (tertiary/aromatic N) is 2. The number of aromatic nitrogens is 1. The third-order valence-corrected chi connectivity index (χ3v) is 6.83. The van der Waals surface area contributed by atoms with E-state index in [0.29, 0.717) is 11.0 Å². The van der Waals surface area contributed by atoms with Crippen LogP contribution in [0.1, 0.15) is 48.9 Å². The van der Waals surface area contributed by atoms with E-state index in [1.54, 1.807) is 0 Å². The Morgan fingerprint density at radius 2 is 1.73 bits per heavy atom. The summed E-state index contributed by atoms with van der Waals surface area (Å²) in [5.41, 5.74) is 4.28. The van der Waals surface area contributed by atoms with Gasteiger partial charge in [-0.3, -0.25) is 4.98 Å². The Kier molecular flexibility index (Phi) is 6.04. The van der Waals surface area contributed by atoms with Crippen molar-refractivity contribution in [2.24, 2.45) is 0 Å². The predicted octanol–water partition coefficient (Wildman–Crippen LogP) is 7.40. The third-order valence-electron chi connectivity index (χ3n) is 5.98. The van der Waals surface area contributed by atoms with Crippen molar-refractivity contribution in [3.8, 4) is 11.3 Å². The van der Waals surface area contributed by atoms with Crippen LogP contribution in [0, 0.1) is 0 Å². The molecule has 5 rings (SSSR count). The molecule has 1 aliphatic heterocycles. The van der Waals surface area contributed by atoms with E-state index in [1.807, 2.05) is 60.8 Å². The summed E-state index contributed by atoms with van der Waals surface area (Å²) in [6, 6.07) is 26.5. The lowest BCUT2D eigenvalue weighted by molar-refractivity contribution is 0.439. The van der Waals surface area contributed by atoms with Crippen LogP contribution in [0.5, 0.6) is 0 Å². The van der Waals surface area contributed by atoms with Crippen LogP contribution in [0.15, 0.2) is 93.9 Å². The van der Waals surface area contributed by atoms with Crippen molar-refractivity contribution in [2.45, 2.75) is 31.8 Å². The Morgan fingerprint density at radius 3 is 2.39 bits per heavy atom. The van der Waals surface area contributed by atoms with Gasteiger partial charge < -0.3 is 14.6 Å². The minimum absolute atomic E-state index is 0.132. The average Bonchev–Trinajstić information content (AvgIpc) is 3.45. The largest absolute Gasteiger partial charge is 0.459 e. The molecule has 1 N–H and O–H groups in total. The topological polar surface area (TPSA) is 41.3 Å². The maximum atomic E-state index is 6.42. The van der Waals surface area contributed by atoms with Gasteiger partial charge in [0.25, 0.3) is 0 Å². The van der Waals surface area contributed by atoms with Gasteiger partial charge in [0.15, 0.2) is 5.11 Å².